The number of hydrogen-bond acceptors (Lipinski definition) is 3. The Hall–Kier alpha value is -2.57. The zero-order chi connectivity index (χ0) is 13.9. The van der Waals surface area contributed by atoms with Crippen LogP contribution in [-0.4, -0.2) is 4.98 Å². The Bertz CT molecular complexity index is 816. The van der Waals surface area contributed by atoms with Crippen LogP contribution in [0.25, 0.3) is 10.9 Å². The number of aromatic nitrogens is 1. The van der Waals surface area contributed by atoms with Crippen molar-refractivity contribution in [3.8, 4) is 6.07 Å². The number of benzene rings is 2. The topological polar surface area (TPSA) is 48.7 Å². The van der Waals surface area contributed by atoms with E-state index in [0.717, 1.165) is 16.6 Å². The molecule has 0 aliphatic heterocycles. The summed E-state index contributed by atoms with van der Waals surface area (Å²) in [6, 6.07) is 17.0. The van der Waals surface area contributed by atoms with Crippen LogP contribution in [0.1, 0.15) is 5.56 Å². The van der Waals surface area contributed by atoms with Gasteiger partial charge in [0.15, 0.2) is 0 Å². The second kappa shape index (κ2) is 5.20. The molecule has 2 aromatic carbocycles. The minimum Gasteiger partial charge on any atom is -0.354 e. The van der Waals surface area contributed by atoms with Crippen molar-refractivity contribution in [3.05, 3.63) is 65.3 Å². The van der Waals surface area contributed by atoms with Crippen LogP contribution >= 0.6 is 11.6 Å². The average Bonchev–Trinajstić information content (AvgIpc) is 2.48. The number of nitrogens with zero attached hydrogens (tertiary/aromatic N) is 2. The molecule has 0 radical (unpaired) electrons. The van der Waals surface area contributed by atoms with E-state index >= 15 is 0 Å². The number of hydrogen-bond donors (Lipinski definition) is 1. The van der Waals surface area contributed by atoms with Gasteiger partial charge in [-0.05, 0) is 42.5 Å². The molecular formula is C16H10ClN3. The SMILES string of the molecule is N#Cc1ccc(Cl)cc1Nc1cccc2ncccc12. The minimum absolute atomic E-state index is 0.551. The van der Waals surface area contributed by atoms with E-state index in [2.05, 4.69) is 16.4 Å². The molecule has 1 N–H and O–H groups in total. The third-order valence-corrected chi connectivity index (χ3v) is 3.25. The maximum Gasteiger partial charge on any atom is 0.101 e. The molecule has 0 aliphatic rings. The van der Waals surface area contributed by atoms with Crippen LogP contribution in [0.2, 0.25) is 5.02 Å². The number of nitrogens with one attached hydrogen (secondary N) is 1. The highest BCUT2D eigenvalue weighted by molar-refractivity contribution is 6.31. The smallest absolute Gasteiger partial charge is 0.101 e. The predicted molar refractivity (Wildman–Crippen MR) is 81.2 cm³/mol. The maximum atomic E-state index is 9.16. The van der Waals surface area contributed by atoms with Gasteiger partial charge in [0.1, 0.15) is 6.07 Å². The Balaban J connectivity index is 2.10. The Labute approximate surface area is 121 Å². The first-order valence-electron chi connectivity index (χ1n) is 6.08. The van der Waals surface area contributed by atoms with Gasteiger partial charge in [-0.1, -0.05) is 17.7 Å². The van der Waals surface area contributed by atoms with Gasteiger partial charge < -0.3 is 5.32 Å². The molecular weight excluding hydrogens is 270 g/mol. The summed E-state index contributed by atoms with van der Waals surface area (Å²) in [6.07, 6.45) is 1.76. The largest absolute Gasteiger partial charge is 0.354 e. The van der Waals surface area contributed by atoms with E-state index in [1.54, 1.807) is 24.4 Å². The molecule has 96 valence electrons. The lowest BCUT2D eigenvalue weighted by molar-refractivity contribution is 1.41. The quantitative estimate of drug-likeness (QED) is 0.751. The zero-order valence-corrected chi connectivity index (χ0v) is 11.2. The van der Waals surface area contributed by atoms with Gasteiger partial charge in [0.25, 0.3) is 0 Å². The fourth-order valence-electron chi connectivity index (χ4n) is 2.07. The van der Waals surface area contributed by atoms with Gasteiger partial charge in [-0.25, -0.2) is 0 Å². The van der Waals surface area contributed by atoms with Gasteiger partial charge in [-0.3, -0.25) is 4.98 Å². The molecule has 3 aromatic rings. The highest BCUT2D eigenvalue weighted by atomic mass is 35.5. The summed E-state index contributed by atoms with van der Waals surface area (Å²) in [6.45, 7) is 0. The monoisotopic (exact) mass is 279 g/mol. The first kappa shape index (κ1) is 12.5. The Morgan fingerprint density at radius 3 is 2.80 bits per heavy atom. The normalized spacial score (nSPS) is 10.2. The van der Waals surface area contributed by atoms with E-state index in [0.29, 0.717) is 16.3 Å². The average molecular weight is 280 g/mol. The zero-order valence-electron chi connectivity index (χ0n) is 10.5. The van der Waals surface area contributed by atoms with Crippen LogP contribution < -0.4 is 5.32 Å². The fourth-order valence-corrected chi connectivity index (χ4v) is 2.25. The summed E-state index contributed by atoms with van der Waals surface area (Å²) in [5.41, 5.74) is 3.04. The van der Waals surface area contributed by atoms with Crippen molar-refractivity contribution in [3.63, 3.8) is 0 Å². The lowest BCUT2D eigenvalue weighted by Crippen LogP contribution is -1.95. The molecule has 0 amide bonds. The molecule has 0 spiro atoms. The standard InChI is InChI=1S/C16H10ClN3/c17-12-7-6-11(10-18)16(9-12)20-15-5-1-4-14-13(15)3-2-8-19-14/h1-9,20H. The van der Waals surface area contributed by atoms with Gasteiger partial charge >= 0.3 is 0 Å². The minimum atomic E-state index is 0.551. The van der Waals surface area contributed by atoms with Gasteiger partial charge in [-0.2, -0.15) is 5.26 Å². The van der Waals surface area contributed by atoms with E-state index in [9.17, 15) is 0 Å². The number of fused-ring (bicyclic) bond motifs is 1. The summed E-state index contributed by atoms with van der Waals surface area (Å²) in [5.74, 6) is 0. The molecule has 0 fully saturated rings. The highest BCUT2D eigenvalue weighted by Gasteiger charge is 2.06. The number of halogens is 1. The Morgan fingerprint density at radius 2 is 1.95 bits per heavy atom. The molecule has 3 rings (SSSR count). The number of pyridine rings is 1. The van der Waals surface area contributed by atoms with Crippen molar-refractivity contribution < 1.29 is 0 Å². The summed E-state index contributed by atoms with van der Waals surface area (Å²) < 4.78 is 0. The van der Waals surface area contributed by atoms with Crippen LogP contribution in [0.4, 0.5) is 11.4 Å². The molecule has 1 aromatic heterocycles. The van der Waals surface area contributed by atoms with Crippen molar-refractivity contribution in [2.24, 2.45) is 0 Å². The Kier molecular flexibility index (Phi) is 3.24. The number of rotatable bonds is 2. The summed E-state index contributed by atoms with van der Waals surface area (Å²) >= 11 is 6.00. The van der Waals surface area contributed by atoms with Gasteiger partial charge in [0.2, 0.25) is 0 Å². The number of nitriles is 1. The van der Waals surface area contributed by atoms with Gasteiger partial charge in [0, 0.05) is 22.3 Å². The molecule has 0 saturated heterocycles. The van der Waals surface area contributed by atoms with Crippen molar-refractivity contribution in [1.29, 1.82) is 5.26 Å². The van der Waals surface area contributed by atoms with E-state index in [1.165, 1.54) is 0 Å². The van der Waals surface area contributed by atoms with Crippen LogP contribution in [0, 0.1) is 11.3 Å². The molecule has 0 aliphatic carbocycles. The Morgan fingerprint density at radius 1 is 1.05 bits per heavy atom. The molecule has 3 nitrogen and oxygen atoms in total. The first-order chi connectivity index (χ1) is 9.78. The van der Waals surface area contributed by atoms with Crippen LogP contribution in [0.15, 0.2) is 54.7 Å². The van der Waals surface area contributed by atoms with Crippen molar-refractivity contribution >= 4 is 33.9 Å². The van der Waals surface area contributed by atoms with Crippen molar-refractivity contribution in [2.75, 3.05) is 5.32 Å². The fraction of sp³-hybridized carbons (Fsp3) is 0. The second-order valence-electron chi connectivity index (χ2n) is 4.30. The number of anilines is 2. The van der Waals surface area contributed by atoms with Gasteiger partial charge in [-0.15, -0.1) is 0 Å². The van der Waals surface area contributed by atoms with E-state index in [4.69, 9.17) is 16.9 Å². The molecule has 20 heavy (non-hydrogen) atoms. The van der Waals surface area contributed by atoms with E-state index in [1.807, 2.05) is 30.3 Å². The summed E-state index contributed by atoms with van der Waals surface area (Å²) in [4.78, 5) is 4.31. The molecule has 0 atom stereocenters. The molecule has 0 unspecified atom stereocenters. The van der Waals surface area contributed by atoms with Crippen LogP contribution in [0.3, 0.4) is 0 Å². The lowest BCUT2D eigenvalue weighted by atomic mass is 10.1. The summed E-state index contributed by atoms with van der Waals surface area (Å²) in [7, 11) is 0. The molecule has 0 saturated carbocycles. The predicted octanol–water partition coefficient (Wildman–Crippen LogP) is 4.50. The summed E-state index contributed by atoms with van der Waals surface area (Å²) in [5, 5.41) is 14.0. The third-order valence-electron chi connectivity index (χ3n) is 3.02. The van der Waals surface area contributed by atoms with Crippen LogP contribution in [-0.2, 0) is 0 Å². The first-order valence-corrected chi connectivity index (χ1v) is 6.46. The van der Waals surface area contributed by atoms with Crippen LogP contribution in [0.5, 0.6) is 0 Å². The molecule has 0 bridgehead atoms. The maximum absolute atomic E-state index is 9.16. The highest BCUT2D eigenvalue weighted by Crippen LogP contribution is 2.28. The molecule has 1 heterocycles. The van der Waals surface area contributed by atoms with E-state index in [-0.39, 0.29) is 0 Å². The van der Waals surface area contributed by atoms with Crippen molar-refractivity contribution in [1.82, 2.24) is 4.98 Å². The van der Waals surface area contributed by atoms with E-state index < -0.39 is 0 Å². The second-order valence-corrected chi connectivity index (χ2v) is 4.74. The van der Waals surface area contributed by atoms with Crippen molar-refractivity contribution in [2.45, 2.75) is 0 Å². The lowest BCUT2D eigenvalue weighted by Gasteiger charge is -2.11. The molecule has 4 heteroatoms. The van der Waals surface area contributed by atoms with Gasteiger partial charge in [0.05, 0.1) is 16.8 Å². The third kappa shape index (κ3) is 2.29.